The Kier molecular flexibility index (Phi) is 6.77. The second kappa shape index (κ2) is 9.71. The maximum Gasteiger partial charge on any atom is 0.262 e. The predicted octanol–water partition coefficient (Wildman–Crippen LogP) is 3.69. The second-order valence-corrected chi connectivity index (χ2v) is 8.93. The highest BCUT2D eigenvalue weighted by atomic mass is 16.5. The molecule has 32 heavy (non-hydrogen) atoms. The summed E-state index contributed by atoms with van der Waals surface area (Å²) in [6.45, 7) is 11.5. The largest absolute Gasteiger partial charge is 0.484 e. The Labute approximate surface area is 190 Å². The Bertz CT molecular complexity index is 1080. The van der Waals surface area contributed by atoms with E-state index in [4.69, 9.17) is 9.72 Å². The number of hydrogen-bond acceptors (Lipinski definition) is 5. The Morgan fingerprint density at radius 1 is 1.12 bits per heavy atom. The fraction of sp³-hybridized carbons (Fsp3) is 0.440. The second-order valence-electron chi connectivity index (χ2n) is 8.93. The fourth-order valence-electron chi connectivity index (χ4n) is 4.17. The van der Waals surface area contributed by atoms with Crippen LogP contribution in [-0.4, -0.2) is 65.1 Å². The lowest BCUT2D eigenvalue weighted by atomic mass is 10.2. The zero-order valence-corrected chi connectivity index (χ0v) is 19.5. The molecule has 1 fully saturated rings. The average molecular weight is 436 g/mol. The van der Waals surface area contributed by atoms with E-state index < -0.39 is 0 Å². The molecule has 1 amide bonds. The molecule has 2 heterocycles. The van der Waals surface area contributed by atoms with Gasteiger partial charge in [0.1, 0.15) is 11.6 Å². The number of aromatic nitrogens is 2. The van der Waals surface area contributed by atoms with Crippen molar-refractivity contribution in [1.82, 2.24) is 19.4 Å². The van der Waals surface area contributed by atoms with E-state index in [1.54, 1.807) is 0 Å². The van der Waals surface area contributed by atoms with Gasteiger partial charge >= 0.3 is 0 Å². The molecule has 0 spiro atoms. The Morgan fingerprint density at radius 3 is 2.62 bits per heavy atom. The van der Waals surface area contributed by atoms with Crippen LogP contribution in [0.2, 0.25) is 0 Å². The number of anilines is 1. The summed E-state index contributed by atoms with van der Waals surface area (Å²) in [5.41, 5.74) is 3.83. The summed E-state index contributed by atoms with van der Waals surface area (Å²) in [6.07, 6.45) is 0. The van der Waals surface area contributed by atoms with E-state index in [2.05, 4.69) is 40.6 Å². The topological polar surface area (TPSA) is 62.6 Å². The molecular weight excluding hydrogens is 402 g/mol. The molecule has 1 aliphatic rings. The third-order valence-corrected chi connectivity index (χ3v) is 5.88. The molecule has 4 rings (SSSR count). The Morgan fingerprint density at radius 2 is 1.91 bits per heavy atom. The summed E-state index contributed by atoms with van der Waals surface area (Å²) in [5.74, 6) is 1.58. The van der Waals surface area contributed by atoms with E-state index in [1.165, 1.54) is 0 Å². The molecule has 0 saturated carbocycles. The Hall–Kier alpha value is -2.90. The van der Waals surface area contributed by atoms with Crippen LogP contribution in [0.25, 0.3) is 11.0 Å². The summed E-state index contributed by atoms with van der Waals surface area (Å²) in [6, 6.07) is 13.9. The average Bonchev–Trinajstić information content (AvgIpc) is 3.11. The molecule has 0 radical (unpaired) electrons. The molecule has 0 aliphatic carbocycles. The van der Waals surface area contributed by atoms with E-state index in [-0.39, 0.29) is 12.5 Å². The van der Waals surface area contributed by atoms with Crippen LogP contribution >= 0.6 is 0 Å². The van der Waals surface area contributed by atoms with Crippen molar-refractivity contribution in [3.63, 3.8) is 0 Å². The molecule has 0 atom stereocenters. The van der Waals surface area contributed by atoms with E-state index >= 15 is 0 Å². The number of ether oxygens (including phenoxy) is 1. The van der Waals surface area contributed by atoms with Gasteiger partial charge in [-0.05, 0) is 63.7 Å². The number of hydrogen-bond donors (Lipinski definition) is 1. The number of likely N-dealkylation sites (N-methyl/N-ethyl adjacent to an activating group) is 1. The summed E-state index contributed by atoms with van der Waals surface area (Å²) < 4.78 is 7.92. The smallest absolute Gasteiger partial charge is 0.262 e. The summed E-state index contributed by atoms with van der Waals surface area (Å²) in [4.78, 5) is 22.2. The first-order valence-corrected chi connectivity index (χ1v) is 11.3. The highest BCUT2D eigenvalue weighted by Crippen LogP contribution is 2.25. The minimum Gasteiger partial charge on any atom is -0.484 e. The summed E-state index contributed by atoms with van der Waals surface area (Å²) in [7, 11) is 2.17. The number of fused-ring (bicyclic) bond motifs is 1. The molecule has 0 unspecified atom stereocenters. The van der Waals surface area contributed by atoms with Crippen molar-refractivity contribution in [2.45, 2.75) is 33.4 Å². The minimum atomic E-state index is -0.188. The van der Waals surface area contributed by atoms with Gasteiger partial charge in [0.25, 0.3) is 5.91 Å². The fourth-order valence-corrected chi connectivity index (χ4v) is 4.17. The number of benzene rings is 2. The molecule has 1 saturated heterocycles. The number of piperazine rings is 1. The van der Waals surface area contributed by atoms with Gasteiger partial charge in [0.15, 0.2) is 6.61 Å². The molecule has 2 aromatic carbocycles. The van der Waals surface area contributed by atoms with Crippen LogP contribution in [0.1, 0.15) is 31.3 Å². The zero-order valence-electron chi connectivity index (χ0n) is 19.5. The number of aryl methyl sites for hydroxylation is 1. The number of nitrogens with zero attached hydrogens (tertiary/aromatic N) is 4. The monoisotopic (exact) mass is 435 g/mol. The Balaban J connectivity index is 1.46. The number of carbonyl (C=O) groups is 1. The third kappa shape index (κ3) is 5.29. The lowest BCUT2D eigenvalue weighted by molar-refractivity contribution is -0.118. The lowest BCUT2D eigenvalue weighted by Crippen LogP contribution is -2.44. The van der Waals surface area contributed by atoms with Gasteiger partial charge in [0, 0.05) is 37.9 Å². The minimum absolute atomic E-state index is 0.0312. The van der Waals surface area contributed by atoms with E-state index in [1.807, 2.05) is 49.4 Å². The molecule has 0 bridgehead atoms. The molecule has 3 aromatic rings. The molecule has 1 N–H and O–H groups in total. The summed E-state index contributed by atoms with van der Waals surface area (Å²) >= 11 is 0. The van der Waals surface area contributed by atoms with Gasteiger partial charge in [-0.1, -0.05) is 12.1 Å². The highest BCUT2D eigenvalue weighted by Gasteiger charge is 2.19. The summed E-state index contributed by atoms with van der Waals surface area (Å²) in [5, 5.41) is 2.93. The van der Waals surface area contributed by atoms with Crippen molar-refractivity contribution in [3.05, 3.63) is 53.9 Å². The number of carbonyl (C=O) groups excluding carboxylic acids is 1. The van der Waals surface area contributed by atoms with Crippen LogP contribution in [0, 0.1) is 6.92 Å². The first kappa shape index (κ1) is 22.3. The molecule has 170 valence electrons. The lowest BCUT2D eigenvalue weighted by Gasteiger charge is -2.32. The first-order valence-electron chi connectivity index (χ1n) is 11.3. The predicted molar refractivity (Wildman–Crippen MR) is 128 cm³/mol. The molecule has 7 heteroatoms. The highest BCUT2D eigenvalue weighted by molar-refractivity contribution is 5.94. The normalized spacial score (nSPS) is 15.4. The number of rotatable bonds is 7. The number of amides is 1. The van der Waals surface area contributed by atoms with Crippen molar-refractivity contribution in [1.29, 1.82) is 0 Å². The van der Waals surface area contributed by atoms with Gasteiger partial charge in [-0.25, -0.2) is 4.98 Å². The standard InChI is InChI=1S/C25H33N5O2/c1-18(2)30-23-9-8-20(26-25(31)17-32-21-7-5-6-19(3)14-21)15-22(23)27-24(30)16-29-12-10-28(4)11-13-29/h5-9,14-15,18H,10-13,16-17H2,1-4H3,(H,26,31). The molecular formula is C25H33N5O2. The van der Waals surface area contributed by atoms with Crippen LogP contribution in [0.3, 0.4) is 0 Å². The van der Waals surface area contributed by atoms with Crippen molar-refractivity contribution >= 4 is 22.6 Å². The molecule has 1 aromatic heterocycles. The van der Waals surface area contributed by atoms with Crippen molar-refractivity contribution < 1.29 is 9.53 Å². The van der Waals surface area contributed by atoms with Gasteiger partial charge in [0.2, 0.25) is 0 Å². The maximum atomic E-state index is 12.4. The van der Waals surface area contributed by atoms with Crippen LogP contribution < -0.4 is 10.1 Å². The van der Waals surface area contributed by atoms with E-state index in [9.17, 15) is 4.79 Å². The molecule has 1 aliphatic heterocycles. The van der Waals surface area contributed by atoms with Gasteiger partial charge in [0.05, 0.1) is 17.6 Å². The van der Waals surface area contributed by atoms with Crippen LogP contribution in [0.15, 0.2) is 42.5 Å². The van der Waals surface area contributed by atoms with Gasteiger partial charge in [-0.15, -0.1) is 0 Å². The quantitative estimate of drug-likeness (QED) is 0.613. The number of imidazole rings is 1. The third-order valence-electron chi connectivity index (χ3n) is 5.88. The first-order chi connectivity index (χ1) is 15.4. The van der Waals surface area contributed by atoms with Crippen LogP contribution in [-0.2, 0) is 11.3 Å². The number of nitrogens with one attached hydrogen (secondary N) is 1. The zero-order chi connectivity index (χ0) is 22.7. The van der Waals surface area contributed by atoms with E-state index in [0.717, 1.165) is 60.8 Å². The van der Waals surface area contributed by atoms with Crippen molar-refractivity contribution in [2.75, 3.05) is 45.2 Å². The van der Waals surface area contributed by atoms with Gasteiger partial charge in [-0.2, -0.15) is 0 Å². The molecule has 7 nitrogen and oxygen atoms in total. The van der Waals surface area contributed by atoms with Gasteiger partial charge in [-0.3, -0.25) is 9.69 Å². The van der Waals surface area contributed by atoms with Gasteiger partial charge < -0.3 is 19.5 Å². The van der Waals surface area contributed by atoms with Crippen LogP contribution in [0.4, 0.5) is 5.69 Å². The van der Waals surface area contributed by atoms with Crippen molar-refractivity contribution in [2.24, 2.45) is 0 Å². The van der Waals surface area contributed by atoms with Crippen LogP contribution in [0.5, 0.6) is 5.75 Å². The van der Waals surface area contributed by atoms with E-state index in [0.29, 0.717) is 11.8 Å². The SMILES string of the molecule is Cc1cccc(OCC(=O)Nc2ccc3c(c2)nc(CN2CCN(C)CC2)n3C(C)C)c1. The van der Waals surface area contributed by atoms with Crippen molar-refractivity contribution in [3.8, 4) is 5.75 Å². The maximum absolute atomic E-state index is 12.4.